The van der Waals surface area contributed by atoms with Crippen LogP contribution in [0.3, 0.4) is 0 Å². The normalized spacial score (nSPS) is 38.3. The van der Waals surface area contributed by atoms with Gasteiger partial charge in [0.1, 0.15) is 6.04 Å². The van der Waals surface area contributed by atoms with E-state index in [0.717, 1.165) is 18.3 Å². The lowest BCUT2D eigenvalue weighted by atomic mass is 9.86. The van der Waals surface area contributed by atoms with Gasteiger partial charge in [0.15, 0.2) is 0 Å². The molecule has 1 aliphatic heterocycles. The fourth-order valence-corrected chi connectivity index (χ4v) is 4.29. The Hall–Kier alpha value is -1.06. The summed E-state index contributed by atoms with van der Waals surface area (Å²) in [6.45, 7) is 0.636. The first-order valence-electron chi connectivity index (χ1n) is 7.17. The molecule has 2 aliphatic carbocycles. The van der Waals surface area contributed by atoms with Crippen LogP contribution in [0.15, 0.2) is 0 Å². The van der Waals surface area contributed by atoms with E-state index in [1.165, 1.54) is 25.7 Å². The Morgan fingerprint density at radius 1 is 1.17 bits per heavy atom. The third-order valence-electron chi connectivity index (χ3n) is 5.18. The van der Waals surface area contributed by atoms with Crippen molar-refractivity contribution in [2.45, 2.75) is 51.0 Å². The molecule has 1 saturated heterocycles. The van der Waals surface area contributed by atoms with E-state index >= 15 is 0 Å². The second-order valence-electron chi connectivity index (χ2n) is 6.22. The summed E-state index contributed by atoms with van der Waals surface area (Å²) in [6, 6.07) is -0.559. The van der Waals surface area contributed by atoms with Crippen LogP contribution in [0.4, 0.5) is 0 Å². The maximum absolute atomic E-state index is 12.3. The number of hydrogen-bond donors (Lipinski definition) is 1. The first-order valence-corrected chi connectivity index (χ1v) is 7.17. The van der Waals surface area contributed by atoms with E-state index in [2.05, 4.69) is 0 Å². The molecule has 4 nitrogen and oxygen atoms in total. The van der Waals surface area contributed by atoms with Crippen LogP contribution in [-0.2, 0) is 9.59 Å². The number of aliphatic carboxylic acids is 1. The molecule has 3 fully saturated rings. The number of carbonyl (C=O) groups excluding carboxylic acids is 1. The van der Waals surface area contributed by atoms with Crippen molar-refractivity contribution in [3.8, 4) is 0 Å². The first kappa shape index (κ1) is 12.0. The number of nitrogens with zero attached hydrogens (tertiary/aromatic N) is 1. The molecule has 4 unspecified atom stereocenters. The lowest BCUT2D eigenvalue weighted by Gasteiger charge is -2.26. The molecule has 2 bridgehead atoms. The maximum atomic E-state index is 12.3. The van der Waals surface area contributed by atoms with Gasteiger partial charge in [0.25, 0.3) is 0 Å². The van der Waals surface area contributed by atoms with Crippen molar-refractivity contribution in [3.05, 3.63) is 0 Å². The van der Waals surface area contributed by atoms with Crippen molar-refractivity contribution in [2.75, 3.05) is 6.54 Å². The van der Waals surface area contributed by atoms with Crippen LogP contribution in [-0.4, -0.2) is 34.5 Å². The van der Waals surface area contributed by atoms with Gasteiger partial charge in [-0.05, 0) is 49.9 Å². The van der Waals surface area contributed by atoms with Crippen LogP contribution in [0, 0.1) is 17.8 Å². The van der Waals surface area contributed by atoms with Gasteiger partial charge in [-0.15, -0.1) is 0 Å². The van der Waals surface area contributed by atoms with E-state index in [9.17, 15) is 9.59 Å². The predicted molar refractivity (Wildman–Crippen MR) is 65.9 cm³/mol. The predicted octanol–water partition coefficient (Wildman–Crippen LogP) is 1.89. The summed E-state index contributed by atoms with van der Waals surface area (Å²) in [5.41, 5.74) is 0. The summed E-state index contributed by atoms with van der Waals surface area (Å²) in [5.74, 6) is 1.36. The topological polar surface area (TPSA) is 57.6 Å². The van der Waals surface area contributed by atoms with Crippen molar-refractivity contribution < 1.29 is 14.7 Å². The highest BCUT2D eigenvalue weighted by molar-refractivity contribution is 5.84. The number of likely N-dealkylation sites (tertiary alicyclic amines) is 1. The molecule has 3 rings (SSSR count). The second-order valence-corrected chi connectivity index (χ2v) is 6.22. The van der Waals surface area contributed by atoms with E-state index < -0.39 is 12.0 Å². The van der Waals surface area contributed by atoms with Crippen LogP contribution in [0.25, 0.3) is 0 Å². The lowest BCUT2D eigenvalue weighted by Crippen LogP contribution is -2.41. The third kappa shape index (κ3) is 2.02. The SMILES string of the molecule is O=C(O)C1CCCN1C(=O)CC1CC2CCC1C2. The lowest BCUT2D eigenvalue weighted by molar-refractivity contribution is -0.148. The Kier molecular flexibility index (Phi) is 3.04. The zero-order valence-corrected chi connectivity index (χ0v) is 10.7. The van der Waals surface area contributed by atoms with Crippen LogP contribution in [0.2, 0.25) is 0 Å². The van der Waals surface area contributed by atoms with E-state index in [-0.39, 0.29) is 5.91 Å². The van der Waals surface area contributed by atoms with E-state index in [1.807, 2.05) is 0 Å². The molecule has 18 heavy (non-hydrogen) atoms. The maximum Gasteiger partial charge on any atom is 0.326 e. The Labute approximate surface area is 107 Å². The van der Waals surface area contributed by atoms with Gasteiger partial charge in [-0.3, -0.25) is 4.79 Å². The average molecular weight is 251 g/mol. The molecule has 0 aromatic carbocycles. The molecule has 100 valence electrons. The van der Waals surface area contributed by atoms with Crippen LogP contribution < -0.4 is 0 Å². The minimum atomic E-state index is -0.839. The summed E-state index contributed by atoms with van der Waals surface area (Å²) in [7, 11) is 0. The van der Waals surface area contributed by atoms with Crippen LogP contribution in [0.5, 0.6) is 0 Å². The standard InChI is InChI=1S/C14H21NO3/c16-13(15-5-1-2-12(15)14(17)18)8-11-7-9-3-4-10(11)6-9/h9-12H,1-8H2,(H,17,18). The quantitative estimate of drug-likeness (QED) is 0.833. The minimum absolute atomic E-state index is 0.0810. The largest absolute Gasteiger partial charge is 0.480 e. The fourth-order valence-electron chi connectivity index (χ4n) is 4.29. The second kappa shape index (κ2) is 4.56. The van der Waals surface area contributed by atoms with Crippen molar-refractivity contribution in [1.29, 1.82) is 0 Å². The minimum Gasteiger partial charge on any atom is -0.480 e. The summed E-state index contributed by atoms with van der Waals surface area (Å²) >= 11 is 0. The van der Waals surface area contributed by atoms with Crippen molar-refractivity contribution in [3.63, 3.8) is 0 Å². The molecule has 0 radical (unpaired) electrons. The van der Waals surface area contributed by atoms with Crippen LogP contribution in [0.1, 0.15) is 44.9 Å². The van der Waals surface area contributed by atoms with Gasteiger partial charge in [-0.2, -0.15) is 0 Å². The molecular formula is C14H21NO3. The zero-order valence-electron chi connectivity index (χ0n) is 10.7. The Morgan fingerprint density at radius 2 is 2.00 bits per heavy atom. The number of rotatable bonds is 3. The molecule has 2 saturated carbocycles. The summed E-state index contributed by atoms with van der Waals surface area (Å²) < 4.78 is 0. The molecule has 0 aromatic heterocycles. The Morgan fingerprint density at radius 3 is 2.61 bits per heavy atom. The van der Waals surface area contributed by atoms with Gasteiger partial charge in [0.2, 0.25) is 5.91 Å². The molecule has 0 aromatic rings. The van der Waals surface area contributed by atoms with E-state index in [1.54, 1.807) is 4.90 Å². The number of carboxylic acids is 1. The Balaban J connectivity index is 1.59. The molecule has 4 heteroatoms. The van der Waals surface area contributed by atoms with Gasteiger partial charge in [-0.1, -0.05) is 6.42 Å². The number of hydrogen-bond acceptors (Lipinski definition) is 2. The van der Waals surface area contributed by atoms with Gasteiger partial charge in [0.05, 0.1) is 0 Å². The molecule has 3 aliphatic rings. The average Bonchev–Trinajstić information content (AvgIpc) is 3.04. The summed E-state index contributed by atoms with van der Waals surface area (Å²) in [4.78, 5) is 24.9. The molecule has 1 N–H and O–H groups in total. The highest BCUT2D eigenvalue weighted by Crippen LogP contribution is 2.49. The van der Waals surface area contributed by atoms with Gasteiger partial charge in [0, 0.05) is 13.0 Å². The summed E-state index contributed by atoms with van der Waals surface area (Å²) in [6.07, 6.45) is 7.17. The van der Waals surface area contributed by atoms with Gasteiger partial charge >= 0.3 is 5.97 Å². The Bertz CT molecular complexity index is 368. The monoisotopic (exact) mass is 251 g/mol. The summed E-state index contributed by atoms with van der Waals surface area (Å²) in [5, 5.41) is 9.10. The van der Waals surface area contributed by atoms with Crippen molar-refractivity contribution >= 4 is 11.9 Å². The molecule has 1 heterocycles. The molecule has 0 spiro atoms. The fraction of sp³-hybridized carbons (Fsp3) is 0.857. The molecule has 1 amide bonds. The van der Waals surface area contributed by atoms with Crippen molar-refractivity contribution in [2.24, 2.45) is 17.8 Å². The van der Waals surface area contributed by atoms with E-state index in [0.29, 0.717) is 25.3 Å². The smallest absolute Gasteiger partial charge is 0.326 e. The first-order chi connectivity index (χ1) is 8.65. The number of carboxylic acid groups (broad SMARTS) is 1. The van der Waals surface area contributed by atoms with Crippen molar-refractivity contribution in [1.82, 2.24) is 4.90 Å². The highest BCUT2D eigenvalue weighted by Gasteiger charge is 2.42. The van der Waals surface area contributed by atoms with Gasteiger partial charge in [-0.25, -0.2) is 4.79 Å². The van der Waals surface area contributed by atoms with E-state index in [4.69, 9.17) is 5.11 Å². The van der Waals surface area contributed by atoms with Gasteiger partial charge < -0.3 is 10.0 Å². The highest BCUT2D eigenvalue weighted by atomic mass is 16.4. The third-order valence-corrected chi connectivity index (χ3v) is 5.18. The zero-order chi connectivity index (χ0) is 12.7. The number of carbonyl (C=O) groups is 2. The molecule has 4 atom stereocenters. The number of fused-ring (bicyclic) bond motifs is 2. The van der Waals surface area contributed by atoms with Crippen LogP contribution >= 0.6 is 0 Å². The number of amides is 1. The molecular weight excluding hydrogens is 230 g/mol.